The number of methoxy groups -OCH3 is 1. The van der Waals surface area contributed by atoms with Crippen LogP contribution in [0.4, 0.5) is 0 Å². The first kappa shape index (κ1) is 22.8. The molecule has 1 saturated carbocycles. The molecule has 0 spiro atoms. The van der Waals surface area contributed by atoms with Crippen LogP contribution in [0.3, 0.4) is 0 Å². The van der Waals surface area contributed by atoms with Crippen molar-refractivity contribution in [3.63, 3.8) is 0 Å². The second-order valence-corrected chi connectivity index (χ2v) is 9.48. The summed E-state index contributed by atoms with van der Waals surface area (Å²) in [7, 11) is 5.63. The molecule has 32 heavy (non-hydrogen) atoms. The van der Waals surface area contributed by atoms with Gasteiger partial charge >= 0.3 is 0 Å². The van der Waals surface area contributed by atoms with Gasteiger partial charge in [-0.1, -0.05) is 12.1 Å². The molecule has 0 aromatic heterocycles. The third kappa shape index (κ3) is 4.28. The summed E-state index contributed by atoms with van der Waals surface area (Å²) in [5.41, 5.74) is 1.38. The van der Waals surface area contributed by atoms with Crippen LogP contribution >= 0.6 is 0 Å². The Morgan fingerprint density at radius 2 is 2.00 bits per heavy atom. The van der Waals surface area contributed by atoms with Crippen molar-refractivity contribution in [2.24, 2.45) is 5.92 Å². The molecule has 1 aromatic carbocycles. The van der Waals surface area contributed by atoms with Crippen molar-refractivity contribution in [2.75, 3.05) is 34.3 Å². The number of fused-ring (bicyclic) bond motifs is 1. The Labute approximate surface area is 190 Å². The summed E-state index contributed by atoms with van der Waals surface area (Å²) in [5, 5.41) is 0. The van der Waals surface area contributed by atoms with Crippen LogP contribution in [0.15, 0.2) is 35.6 Å². The minimum atomic E-state index is -0.457. The Kier molecular flexibility index (Phi) is 6.58. The predicted molar refractivity (Wildman–Crippen MR) is 120 cm³/mol. The van der Waals surface area contributed by atoms with E-state index in [1.54, 1.807) is 12.0 Å². The van der Waals surface area contributed by atoms with Gasteiger partial charge in [0.1, 0.15) is 11.9 Å². The number of hydrogen-bond acceptors (Lipinski definition) is 6. The number of rotatable bonds is 7. The van der Waals surface area contributed by atoms with Crippen LogP contribution in [0.5, 0.6) is 5.75 Å². The van der Waals surface area contributed by atoms with Gasteiger partial charge in [-0.15, -0.1) is 0 Å². The summed E-state index contributed by atoms with van der Waals surface area (Å²) in [6.45, 7) is 5.15. The zero-order chi connectivity index (χ0) is 23.0. The molecular formula is C25H34N2O5. The molecule has 0 radical (unpaired) electrons. The number of ketones is 1. The molecule has 1 aliphatic carbocycles. The lowest BCUT2D eigenvalue weighted by Gasteiger charge is -2.38. The number of likely N-dealkylation sites (N-methyl/N-ethyl adjacent to an activating group) is 1. The standard InChI is InChI=1S/C25H34N2O5/c1-15(2)31-18-8-6-7-16(13-18)22-21-23(28)19-10-9-17(30-5)14-20(19)32-24(21)25(29)27(22)12-11-26(3)4/h6-8,13,15,17,19-20,22H,9-12,14H2,1-5H3. The van der Waals surface area contributed by atoms with E-state index < -0.39 is 6.04 Å². The molecule has 1 fully saturated rings. The van der Waals surface area contributed by atoms with Gasteiger partial charge in [-0.2, -0.15) is 0 Å². The van der Waals surface area contributed by atoms with Crippen LogP contribution in [-0.4, -0.2) is 74.1 Å². The fourth-order valence-electron chi connectivity index (χ4n) is 5.01. The Morgan fingerprint density at radius 1 is 1.22 bits per heavy atom. The first-order chi connectivity index (χ1) is 15.3. The highest BCUT2D eigenvalue weighted by molar-refractivity contribution is 6.11. The highest BCUT2D eigenvalue weighted by Crippen LogP contribution is 2.47. The van der Waals surface area contributed by atoms with Crippen LogP contribution in [0.2, 0.25) is 0 Å². The van der Waals surface area contributed by atoms with Gasteiger partial charge in [0.25, 0.3) is 5.91 Å². The minimum absolute atomic E-state index is 0.0338. The molecule has 0 bridgehead atoms. The van der Waals surface area contributed by atoms with Crippen molar-refractivity contribution in [1.29, 1.82) is 0 Å². The molecule has 7 heteroatoms. The smallest absolute Gasteiger partial charge is 0.290 e. The number of nitrogens with zero attached hydrogens (tertiary/aromatic N) is 2. The Hall–Kier alpha value is -2.38. The maximum Gasteiger partial charge on any atom is 0.290 e. The monoisotopic (exact) mass is 442 g/mol. The first-order valence-electron chi connectivity index (χ1n) is 11.5. The molecule has 7 nitrogen and oxygen atoms in total. The molecule has 3 aliphatic rings. The van der Waals surface area contributed by atoms with Gasteiger partial charge in [-0.3, -0.25) is 9.59 Å². The molecule has 0 saturated heterocycles. The predicted octanol–water partition coefficient (Wildman–Crippen LogP) is 2.96. The van der Waals surface area contributed by atoms with Gasteiger partial charge < -0.3 is 24.0 Å². The molecule has 1 aromatic rings. The average Bonchev–Trinajstić information content (AvgIpc) is 3.03. The molecule has 2 heterocycles. The van der Waals surface area contributed by atoms with E-state index in [0.717, 1.165) is 17.7 Å². The average molecular weight is 443 g/mol. The van der Waals surface area contributed by atoms with E-state index in [2.05, 4.69) is 0 Å². The summed E-state index contributed by atoms with van der Waals surface area (Å²) in [4.78, 5) is 31.0. The highest BCUT2D eigenvalue weighted by atomic mass is 16.5. The molecule has 4 unspecified atom stereocenters. The SMILES string of the molecule is COC1CCC2C(=O)C3=C(OC2C1)C(=O)N(CCN(C)C)C3c1cccc(OC(C)C)c1. The van der Waals surface area contributed by atoms with Crippen LogP contribution in [-0.2, 0) is 19.1 Å². The number of ether oxygens (including phenoxy) is 3. The van der Waals surface area contributed by atoms with Crippen molar-refractivity contribution >= 4 is 11.7 Å². The number of Topliss-reactive ketones (excluding diaryl/α,β-unsaturated/α-hetero) is 1. The summed E-state index contributed by atoms with van der Waals surface area (Å²) in [6.07, 6.45) is 1.98. The lowest BCUT2D eigenvalue weighted by molar-refractivity contribution is -0.138. The van der Waals surface area contributed by atoms with Crippen molar-refractivity contribution in [3.05, 3.63) is 41.2 Å². The lowest BCUT2D eigenvalue weighted by Crippen LogP contribution is -2.43. The second-order valence-electron chi connectivity index (χ2n) is 9.48. The minimum Gasteiger partial charge on any atom is -0.491 e. The lowest BCUT2D eigenvalue weighted by atomic mass is 9.76. The summed E-state index contributed by atoms with van der Waals surface area (Å²) >= 11 is 0. The molecule has 4 atom stereocenters. The van der Waals surface area contributed by atoms with E-state index in [0.29, 0.717) is 31.5 Å². The summed E-state index contributed by atoms with van der Waals surface area (Å²) < 4.78 is 17.7. The number of carbonyl (C=O) groups excluding carboxylic acids is 2. The largest absolute Gasteiger partial charge is 0.491 e. The number of benzene rings is 1. The highest BCUT2D eigenvalue weighted by Gasteiger charge is 2.52. The van der Waals surface area contributed by atoms with Crippen LogP contribution in [0.25, 0.3) is 0 Å². The van der Waals surface area contributed by atoms with Gasteiger partial charge in [0, 0.05) is 26.6 Å². The van der Waals surface area contributed by atoms with E-state index in [9.17, 15) is 9.59 Å². The quantitative estimate of drug-likeness (QED) is 0.647. The Morgan fingerprint density at radius 3 is 2.69 bits per heavy atom. The topological polar surface area (TPSA) is 68.3 Å². The van der Waals surface area contributed by atoms with Crippen molar-refractivity contribution in [2.45, 2.75) is 57.5 Å². The zero-order valence-corrected chi connectivity index (χ0v) is 19.7. The van der Waals surface area contributed by atoms with Crippen LogP contribution in [0, 0.1) is 5.92 Å². The molecule has 1 amide bonds. The van der Waals surface area contributed by atoms with E-state index in [-0.39, 0.29) is 41.7 Å². The molecule has 174 valence electrons. The molecule has 4 rings (SSSR count). The molecule has 0 N–H and O–H groups in total. The van der Waals surface area contributed by atoms with E-state index in [4.69, 9.17) is 14.2 Å². The maximum atomic E-state index is 13.7. The first-order valence-corrected chi connectivity index (χ1v) is 11.5. The third-order valence-corrected chi connectivity index (χ3v) is 6.57. The van der Waals surface area contributed by atoms with E-state index in [1.165, 1.54) is 0 Å². The van der Waals surface area contributed by atoms with Gasteiger partial charge in [0.05, 0.1) is 29.7 Å². The van der Waals surface area contributed by atoms with Gasteiger partial charge in [0.15, 0.2) is 11.5 Å². The third-order valence-electron chi connectivity index (χ3n) is 6.57. The van der Waals surface area contributed by atoms with Crippen LogP contribution in [0.1, 0.15) is 44.7 Å². The van der Waals surface area contributed by atoms with Crippen molar-refractivity contribution in [1.82, 2.24) is 9.80 Å². The van der Waals surface area contributed by atoms with E-state index >= 15 is 0 Å². The van der Waals surface area contributed by atoms with Crippen molar-refractivity contribution < 1.29 is 23.8 Å². The van der Waals surface area contributed by atoms with Gasteiger partial charge in [-0.05, 0) is 58.5 Å². The fourth-order valence-corrected chi connectivity index (χ4v) is 5.01. The molecule has 2 aliphatic heterocycles. The zero-order valence-electron chi connectivity index (χ0n) is 19.7. The van der Waals surface area contributed by atoms with Gasteiger partial charge in [-0.25, -0.2) is 0 Å². The number of amides is 1. The summed E-state index contributed by atoms with van der Waals surface area (Å²) in [6, 6.07) is 7.27. The van der Waals surface area contributed by atoms with Crippen molar-refractivity contribution in [3.8, 4) is 5.75 Å². The van der Waals surface area contributed by atoms with Crippen LogP contribution < -0.4 is 4.74 Å². The normalized spacial score (nSPS) is 27.7. The summed E-state index contributed by atoms with van der Waals surface area (Å²) in [5.74, 6) is 0.584. The maximum absolute atomic E-state index is 13.7. The molecular weight excluding hydrogens is 408 g/mol. The Balaban J connectivity index is 1.72. The number of carbonyl (C=O) groups is 2. The fraction of sp³-hybridized carbons (Fsp3) is 0.600. The second kappa shape index (κ2) is 9.24. The van der Waals surface area contributed by atoms with E-state index in [1.807, 2.05) is 57.1 Å². The number of hydrogen-bond donors (Lipinski definition) is 0. The van der Waals surface area contributed by atoms with Gasteiger partial charge in [0.2, 0.25) is 0 Å². The Bertz CT molecular complexity index is 909.